The average Bonchev–Trinajstić information content (AvgIpc) is 2.61. The van der Waals surface area contributed by atoms with Crippen molar-refractivity contribution in [3.63, 3.8) is 0 Å². The highest BCUT2D eigenvalue weighted by molar-refractivity contribution is 7.93. The van der Waals surface area contributed by atoms with Gasteiger partial charge in [0.1, 0.15) is 0 Å². The van der Waals surface area contributed by atoms with E-state index in [1.807, 2.05) is 0 Å². The number of ether oxygens (including phenoxy) is 1. The molecule has 0 N–H and O–H groups in total. The maximum atomic E-state index is 12.9. The van der Waals surface area contributed by atoms with Gasteiger partial charge in [-0.3, -0.25) is 14.4 Å². The topological polar surface area (TPSA) is 107 Å². The van der Waals surface area contributed by atoms with Crippen LogP contribution >= 0.6 is 0 Å². The normalized spacial score (nSPS) is 11.0. The molecule has 0 aromatic heterocycles. The number of hydrogen-bond donors (Lipinski definition) is 0. The quantitative estimate of drug-likeness (QED) is 0.443. The second-order valence-electron chi connectivity index (χ2n) is 4.93. The van der Waals surface area contributed by atoms with Crippen LogP contribution in [0.1, 0.15) is 17.3 Å². The Morgan fingerprint density at radius 1 is 1.16 bits per heavy atom. The molecule has 0 aliphatic heterocycles. The molecule has 0 heterocycles. The van der Waals surface area contributed by atoms with Crippen LogP contribution in [-0.4, -0.2) is 33.0 Å². The monoisotopic (exact) mass is 364 g/mol. The molecule has 132 valence electrons. The number of benzene rings is 2. The fourth-order valence-electron chi connectivity index (χ4n) is 2.23. The fourth-order valence-corrected chi connectivity index (χ4v) is 3.60. The van der Waals surface area contributed by atoms with E-state index in [2.05, 4.69) is 0 Å². The minimum absolute atomic E-state index is 0.0500. The summed E-state index contributed by atoms with van der Waals surface area (Å²) in [5.74, 6) is -0.678. The van der Waals surface area contributed by atoms with Gasteiger partial charge >= 0.3 is 5.97 Å². The first-order valence-electron chi connectivity index (χ1n) is 7.29. The molecule has 0 aliphatic carbocycles. The summed E-state index contributed by atoms with van der Waals surface area (Å²) in [6.45, 7) is 1.77. The number of nitro groups is 1. The van der Waals surface area contributed by atoms with Crippen LogP contribution in [0.2, 0.25) is 0 Å². The van der Waals surface area contributed by atoms with Crippen molar-refractivity contribution >= 4 is 27.4 Å². The Morgan fingerprint density at radius 2 is 1.76 bits per heavy atom. The molecule has 25 heavy (non-hydrogen) atoms. The molecule has 0 saturated heterocycles. The minimum atomic E-state index is -4.25. The van der Waals surface area contributed by atoms with Gasteiger partial charge in [0, 0.05) is 13.1 Å². The molecule has 0 fully saturated rings. The van der Waals surface area contributed by atoms with Crippen LogP contribution in [-0.2, 0) is 14.8 Å². The lowest BCUT2D eigenvalue weighted by atomic mass is 10.2. The average molecular weight is 364 g/mol. The van der Waals surface area contributed by atoms with Gasteiger partial charge in [0.05, 0.1) is 22.8 Å². The lowest BCUT2D eigenvalue weighted by Crippen LogP contribution is -2.29. The summed E-state index contributed by atoms with van der Waals surface area (Å²) in [7, 11) is -3.03. The molecule has 8 nitrogen and oxygen atoms in total. The number of anilines is 1. The van der Waals surface area contributed by atoms with E-state index in [1.165, 1.54) is 31.3 Å². The number of para-hydroxylation sites is 2. The first-order valence-corrected chi connectivity index (χ1v) is 8.73. The van der Waals surface area contributed by atoms with Crippen LogP contribution in [0.5, 0.6) is 0 Å². The van der Waals surface area contributed by atoms with E-state index in [-0.39, 0.29) is 17.9 Å². The molecule has 0 aliphatic rings. The summed E-state index contributed by atoms with van der Waals surface area (Å²) >= 11 is 0. The van der Waals surface area contributed by atoms with Gasteiger partial charge in [-0.1, -0.05) is 24.3 Å². The van der Waals surface area contributed by atoms with Gasteiger partial charge in [0.15, 0.2) is 4.90 Å². The number of carbonyl (C=O) groups excluding carboxylic acids is 1. The van der Waals surface area contributed by atoms with E-state index in [4.69, 9.17) is 4.74 Å². The zero-order valence-corrected chi connectivity index (χ0v) is 14.4. The van der Waals surface area contributed by atoms with Crippen molar-refractivity contribution in [2.24, 2.45) is 0 Å². The molecule has 0 spiro atoms. The Balaban J connectivity index is 2.57. The summed E-state index contributed by atoms with van der Waals surface area (Å²) in [6.07, 6.45) is 0. The SMILES string of the molecule is CCOC(=O)c1ccccc1N(C)S(=O)(=O)c1ccccc1[N+](=O)[O-]. The van der Waals surface area contributed by atoms with Crippen molar-refractivity contribution in [1.29, 1.82) is 0 Å². The van der Waals surface area contributed by atoms with Crippen molar-refractivity contribution in [3.8, 4) is 0 Å². The van der Waals surface area contributed by atoms with Gasteiger partial charge in [0.25, 0.3) is 15.7 Å². The lowest BCUT2D eigenvalue weighted by Gasteiger charge is -2.21. The molecule has 0 saturated carbocycles. The number of sulfonamides is 1. The number of hydrogen-bond acceptors (Lipinski definition) is 6. The largest absolute Gasteiger partial charge is 0.462 e. The predicted molar refractivity (Wildman–Crippen MR) is 91.1 cm³/mol. The highest BCUT2D eigenvalue weighted by Gasteiger charge is 2.31. The fraction of sp³-hybridized carbons (Fsp3) is 0.188. The van der Waals surface area contributed by atoms with Crippen LogP contribution in [0.3, 0.4) is 0 Å². The first kappa shape index (κ1) is 18.4. The number of nitro benzene ring substituents is 1. The van der Waals surface area contributed by atoms with Gasteiger partial charge in [-0.15, -0.1) is 0 Å². The van der Waals surface area contributed by atoms with Crippen molar-refractivity contribution in [2.75, 3.05) is 18.0 Å². The number of carbonyl (C=O) groups is 1. The van der Waals surface area contributed by atoms with Gasteiger partial charge < -0.3 is 4.74 Å². The molecule has 0 bridgehead atoms. The summed E-state index contributed by atoms with van der Waals surface area (Å²) in [5.41, 5.74) is -0.420. The molecule has 0 amide bonds. The van der Waals surface area contributed by atoms with E-state index in [1.54, 1.807) is 19.1 Å². The Bertz CT molecular complexity index is 910. The van der Waals surface area contributed by atoms with Crippen LogP contribution in [0, 0.1) is 10.1 Å². The summed E-state index contributed by atoms with van der Waals surface area (Å²) in [6, 6.07) is 11.0. The number of esters is 1. The molecule has 2 rings (SSSR count). The number of rotatable bonds is 6. The van der Waals surface area contributed by atoms with Crippen LogP contribution in [0.15, 0.2) is 53.4 Å². The molecular weight excluding hydrogens is 348 g/mol. The number of nitrogens with zero attached hydrogens (tertiary/aromatic N) is 2. The first-order chi connectivity index (χ1) is 11.8. The predicted octanol–water partition coefficient (Wildman–Crippen LogP) is 2.60. The second-order valence-corrected chi connectivity index (χ2v) is 6.87. The zero-order valence-electron chi connectivity index (χ0n) is 13.6. The molecule has 0 atom stereocenters. The van der Waals surface area contributed by atoms with Crippen molar-refractivity contribution in [1.82, 2.24) is 0 Å². The van der Waals surface area contributed by atoms with Gasteiger partial charge in [-0.25, -0.2) is 13.2 Å². The molecular formula is C16H16N2O6S. The van der Waals surface area contributed by atoms with Crippen LogP contribution < -0.4 is 4.31 Å². The third-order valence-corrected chi connectivity index (χ3v) is 5.26. The zero-order chi connectivity index (χ0) is 18.6. The van der Waals surface area contributed by atoms with Crippen molar-refractivity contribution < 1.29 is 22.9 Å². The van der Waals surface area contributed by atoms with Crippen molar-refractivity contribution in [3.05, 3.63) is 64.2 Å². The molecule has 0 unspecified atom stereocenters. The maximum Gasteiger partial charge on any atom is 0.340 e. The highest BCUT2D eigenvalue weighted by Crippen LogP contribution is 2.30. The highest BCUT2D eigenvalue weighted by atomic mass is 32.2. The summed E-state index contributed by atoms with van der Waals surface area (Å²) in [5, 5.41) is 11.1. The Labute approximate surface area is 144 Å². The Kier molecular flexibility index (Phi) is 5.38. The lowest BCUT2D eigenvalue weighted by molar-refractivity contribution is -0.387. The Hall–Kier alpha value is -2.94. The van der Waals surface area contributed by atoms with E-state index >= 15 is 0 Å². The summed E-state index contributed by atoms with van der Waals surface area (Å²) in [4.78, 5) is 22.0. The smallest absolute Gasteiger partial charge is 0.340 e. The van der Waals surface area contributed by atoms with Gasteiger partial charge in [-0.05, 0) is 25.1 Å². The van der Waals surface area contributed by atoms with Crippen LogP contribution in [0.4, 0.5) is 11.4 Å². The van der Waals surface area contributed by atoms with E-state index in [0.29, 0.717) is 0 Å². The van der Waals surface area contributed by atoms with E-state index < -0.39 is 31.5 Å². The minimum Gasteiger partial charge on any atom is -0.462 e. The van der Waals surface area contributed by atoms with Gasteiger partial charge in [0.2, 0.25) is 0 Å². The summed E-state index contributed by atoms with van der Waals surface area (Å²) < 4.78 is 31.5. The van der Waals surface area contributed by atoms with Crippen molar-refractivity contribution in [2.45, 2.75) is 11.8 Å². The standard InChI is InChI=1S/C16H16N2O6S/c1-3-24-16(19)12-8-4-5-9-13(12)17(2)25(22,23)15-11-7-6-10-14(15)18(20)21/h4-11H,3H2,1-2H3. The van der Waals surface area contributed by atoms with Crippen LogP contribution in [0.25, 0.3) is 0 Å². The third-order valence-electron chi connectivity index (χ3n) is 3.44. The Morgan fingerprint density at radius 3 is 2.40 bits per heavy atom. The molecule has 2 aromatic carbocycles. The second kappa shape index (κ2) is 7.31. The van der Waals surface area contributed by atoms with E-state index in [9.17, 15) is 23.3 Å². The molecule has 9 heteroatoms. The molecule has 2 aromatic rings. The molecule has 0 radical (unpaired) electrons. The third kappa shape index (κ3) is 3.61. The van der Waals surface area contributed by atoms with Gasteiger partial charge in [-0.2, -0.15) is 0 Å². The van der Waals surface area contributed by atoms with E-state index in [0.717, 1.165) is 16.4 Å². The maximum absolute atomic E-state index is 12.9.